The smallest absolute Gasteiger partial charge is 0.142 e. The summed E-state index contributed by atoms with van der Waals surface area (Å²) in [5.41, 5.74) is 5.72. The largest absolute Gasteiger partial charge is 0.394 e. The number of hydrogen-bond acceptors (Lipinski definition) is 2. The Bertz CT molecular complexity index is 319. The van der Waals surface area contributed by atoms with Gasteiger partial charge in [-0.25, -0.2) is 4.39 Å². The summed E-state index contributed by atoms with van der Waals surface area (Å²) in [4.78, 5) is 0. The average molecular weight is 224 g/mol. The van der Waals surface area contributed by atoms with Crippen molar-refractivity contribution < 1.29 is 9.50 Å². The lowest BCUT2D eigenvalue weighted by Gasteiger charge is -2.12. The normalized spacial score (nSPS) is 13.0. The molecule has 0 amide bonds. The maximum absolute atomic E-state index is 12.9. The highest BCUT2D eigenvalue weighted by atomic mass is 35.5. The van der Waals surface area contributed by atoms with Gasteiger partial charge in [-0.1, -0.05) is 23.2 Å². The second-order valence-electron chi connectivity index (χ2n) is 2.55. The summed E-state index contributed by atoms with van der Waals surface area (Å²) in [6, 6.07) is 1.75. The first-order valence-corrected chi connectivity index (χ1v) is 4.33. The average Bonchev–Trinajstić information content (AvgIpc) is 2.12. The van der Waals surface area contributed by atoms with Crippen molar-refractivity contribution in [3.8, 4) is 0 Å². The fraction of sp³-hybridized carbons (Fsp3) is 0.250. The van der Waals surface area contributed by atoms with Crippen LogP contribution in [0.1, 0.15) is 11.6 Å². The van der Waals surface area contributed by atoms with Crippen molar-refractivity contribution in [2.75, 3.05) is 6.61 Å². The molecule has 5 heteroatoms. The van der Waals surface area contributed by atoms with Gasteiger partial charge in [0, 0.05) is 10.6 Å². The van der Waals surface area contributed by atoms with E-state index in [1.165, 1.54) is 6.07 Å². The van der Waals surface area contributed by atoms with Gasteiger partial charge in [-0.15, -0.1) is 0 Å². The number of aliphatic hydroxyl groups excluding tert-OH is 1. The Morgan fingerprint density at radius 3 is 2.62 bits per heavy atom. The van der Waals surface area contributed by atoms with Crippen molar-refractivity contribution in [1.29, 1.82) is 0 Å². The Morgan fingerprint density at radius 2 is 2.08 bits per heavy atom. The van der Waals surface area contributed by atoms with E-state index in [-0.39, 0.29) is 22.2 Å². The number of nitrogens with two attached hydrogens (primary N) is 1. The Balaban J connectivity index is 3.25. The summed E-state index contributed by atoms with van der Waals surface area (Å²) < 4.78 is 12.9. The van der Waals surface area contributed by atoms with Crippen LogP contribution in [0, 0.1) is 5.82 Å². The second kappa shape index (κ2) is 4.24. The summed E-state index contributed by atoms with van der Waals surface area (Å²) >= 11 is 11.4. The van der Waals surface area contributed by atoms with Gasteiger partial charge in [-0.05, 0) is 12.1 Å². The first-order valence-electron chi connectivity index (χ1n) is 3.57. The molecule has 0 bridgehead atoms. The summed E-state index contributed by atoms with van der Waals surface area (Å²) in [5.74, 6) is -0.593. The van der Waals surface area contributed by atoms with Gasteiger partial charge in [0.25, 0.3) is 0 Å². The Morgan fingerprint density at radius 1 is 1.46 bits per heavy atom. The van der Waals surface area contributed by atoms with E-state index in [1.807, 2.05) is 0 Å². The van der Waals surface area contributed by atoms with Gasteiger partial charge >= 0.3 is 0 Å². The van der Waals surface area contributed by atoms with Crippen LogP contribution in [-0.4, -0.2) is 11.7 Å². The van der Waals surface area contributed by atoms with Gasteiger partial charge in [0.2, 0.25) is 0 Å². The van der Waals surface area contributed by atoms with Crippen molar-refractivity contribution in [2.45, 2.75) is 6.04 Å². The van der Waals surface area contributed by atoms with Crippen LogP contribution in [0.4, 0.5) is 4.39 Å². The van der Waals surface area contributed by atoms with Gasteiger partial charge < -0.3 is 10.8 Å². The molecule has 0 aliphatic rings. The van der Waals surface area contributed by atoms with Crippen LogP contribution in [0.3, 0.4) is 0 Å². The molecular formula is C8H8Cl2FNO. The minimum Gasteiger partial charge on any atom is -0.394 e. The molecule has 0 aliphatic heterocycles. The summed E-state index contributed by atoms with van der Waals surface area (Å²) in [6.07, 6.45) is 0. The zero-order valence-corrected chi connectivity index (χ0v) is 8.11. The van der Waals surface area contributed by atoms with Gasteiger partial charge in [-0.2, -0.15) is 0 Å². The second-order valence-corrected chi connectivity index (χ2v) is 3.33. The van der Waals surface area contributed by atoms with Crippen molar-refractivity contribution in [3.63, 3.8) is 0 Å². The third-order valence-corrected chi connectivity index (χ3v) is 2.36. The van der Waals surface area contributed by atoms with E-state index in [2.05, 4.69) is 0 Å². The highest BCUT2D eigenvalue weighted by Crippen LogP contribution is 2.30. The van der Waals surface area contributed by atoms with E-state index in [1.54, 1.807) is 0 Å². The molecule has 1 atom stereocenters. The molecule has 0 saturated heterocycles. The fourth-order valence-corrected chi connectivity index (χ4v) is 1.62. The van der Waals surface area contributed by atoms with E-state index in [4.69, 9.17) is 34.0 Å². The quantitative estimate of drug-likeness (QED) is 0.755. The molecule has 0 saturated carbocycles. The molecule has 13 heavy (non-hydrogen) atoms. The first kappa shape index (κ1) is 10.7. The lowest BCUT2D eigenvalue weighted by molar-refractivity contribution is 0.268. The van der Waals surface area contributed by atoms with Crippen molar-refractivity contribution in [1.82, 2.24) is 0 Å². The van der Waals surface area contributed by atoms with E-state index in [0.29, 0.717) is 0 Å². The van der Waals surface area contributed by atoms with Crippen LogP contribution >= 0.6 is 23.2 Å². The van der Waals surface area contributed by atoms with E-state index < -0.39 is 11.9 Å². The Kier molecular flexibility index (Phi) is 3.50. The third kappa shape index (κ3) is 2.11. The zero-order chi connectivity index (χ0) is 10.0. The standard InChI is InChI=1S/C8H8Cl2FNO/c9-4-1-2-5(11)8(10)7(4)6(12)3-13/h1-2,6,13H,3,12H2/t6-/m1/s1. The van der Waals surface area contributed by atoms with Crippen LogP contribution in [0.2, 0.25) is 10.0 Å². The fourth-order valence-electron chi connectivity index (χ4n) is 0.974. The van der Waals surface area contributed by atoms with Gasteiger partial charge in [0.05, 0.1) is 17.7 Å². The maximum Gasteiger partial charge on any atom is 0.142 e. The lowest BCUT2D eigenvalue weighted by Crippen LogP contribution is -2.15. The minimum absolute atomic E-state index is 0.131. The van der Waals surface area contributed by atoms with Gasteiger partial charge in [0.1, 0.15) is 5.82 Å². The molecular weight excluding hydrogens is 216 g/mol. The molecule has 3 N–H and O–H groups in total. The van der Waals surface area contributed by atoms with Gasteiger partial charge in [0.15, 0.2) is 0 Å². The predicted molar refractivity (Wildman–Crippen MR) is 50.4 cm³/mol. The molecule has 0 heterocycles. The summed E-state index contributed by atoms with van der Waals surface area (Å²) in [6.45, 7) is -0.330. The number of aliphatic hydroxyl groups is 1. The van der Waals surface area contributed by atoms with Gasteiger partial charge in [-0.3, -0.25) is 0 Å². The molecule has 0 aromatic heterocycles. The van der Waals surface area contributed by atoms with Crippen LogP contribution in [0.15, 0.2) is 12.1 Å². The van der Waals surface area contributed by atoms with Crippen LogP contribution in [0.5, 0.6) is 0 Å². The SMILES string of the molecule is N[C@H](CO)c1c(Cl)ccc(F)c1Cl. The molecule has 0 aliphatic carbocycles. The zero-order valence-electron chi connectivity index (χ0n) is 6.60. The van der Waals surface area contributed by atoms with Crippen molar-refractivity contribution in [2.24, 2.45) is 5.73 Å². The molecule has 1 aromatic carbocycles. The monoisotopic (exact) mass is 223 g/mol. The topological polar surface area (TPSA) is 46.2 Å². The molecule has 0 unspecified atom stereocenters. The Labute approximate surface area is 85.1 Å². The van der Waals surface area contributed by atoms with Crippen LogP contribution in [-0.2, 0) is 0 Å². The predicted octanol–water partition coefficient (Wildman–Crippen LogP) is 2.12. The molecule has 0 radical (unpaired) electrons. The maximum atomic E-state index is 12.9. The summed E-state index contributed by atoms with van der Waals surface area (Å²) in [7, 11) is 0. The molecule has 0 fully saturated rings. The van der Waals surface area contributed by atoms with Crippen LogP contribution < -0.4 is 5.73 Å². The molecule has 1 aromatic rings. The number of hydrogen-bond donors (Lipinski definition) is 2. The van der Waals surface area contributed by atoms with E-state index in [9.17, 15) is 4.39 Å². The number of benzene rings is 1. The van der Waals surface area contributed by atoms with Crippen LogP contribution in [0.25, 0.3) is 0 Å². The highest BCUT2D eigenvalue weighted by Gasteiger charge is 2.16. The van der Waals surface area contributed by atoms with Crippen molar-refractivity contribution >= 4 is 23.2 Å². The van der Waals surface area contributed by atoms with E-state index >= 15 is 0 Å². The highest BCUT2D eigenvalue weighted by molar-refractivity contribution is 6.36. The Hall–Kier alpha value is -0.350. The minimum atomic E-state index is -0.754. The summed E-state index contributed by atoms with van der Waals surface area (Å²) in [5, 5.41) is 8.89. The molecule has 1 rings (SSSR count). The first-order chi connectivity index (χ1) is 6.07. The van der Waals surface area contributed by atoms with E-state index in [0.717, 1.165) is 6.07 Å². The molecule has 0 spiro atoms. The lowest BCUT2D eigenvalue weighted by atomic mass is 10.1. The molecule has 2 nitrogen and oxygen atoms in total. The van der Waals surface area contributed by atoms with Crippen molar-refractivity contribution in [3.05, 3.63) is 33.6 Å². The molecule has 72 valence electrons. The third-order valence-electron chi connectivity index (χ3n) is 1.65. The number of halogens is 3. The number of rotatable bonds is 2.